The fourth-order valence-corrected chi connectivity index (χ4v) is 5.58. The lowest BCUT2D eigenvalue weighted by Crippen LogP contribution is -2.48. The predicted molar refractivity (Wildman–Crippen MR) is 157 cm³/mol. The van der Waals surface area contributed by atoms with Crippen LogP contribution in [0.2, 0.25) is 0 Å². The Morgan fingerprint density at radius 1 is 1.20 bits per heavy atom. The molecule has 0 radical (unpaired) electrons. The van der Waals surface area contributed by atoms with Crippen molar-refractivity contribution in [2.75, 3.05) is 37.4 Å². The summed E-state index contributed by atoms with van der Waals surface area (Å²) in [7, 11) is 3.68. The largest absolute Gasteiger partial charge is 0.513 e. The highest BCUT2D eigenvalue weighted by Crippen LogP contribution is 2.49. The quantitative estimate of drug-likeness (QED) is 0.105. The number of nitrogens with one attached hydrogen (secondary N) is 1. The number of aliphatic hydroxyl groups excluding tert-OH is 1. The first kappa shape index (κ1) is 26.9. The SMILES string of the molecule is CCC1c2c(cnn2C2CN(Cc3cccc(C=O)n3)C2)-c2cccc(NC(=C/C(N)=NC)/C(N)=C\O)c2N1C. The number of hydrogen-bond acceptors (Lipinski definition) is 9. The molecule has 40 heavy (non-hydrogen) atoms. The van der Waals surface area contributed by atoms with E-state index in [4.69, 9.17) is 16.6 Å². The number of carbonyl (C=O) groups excluding carboxylic acids is 1. The van der Waals surface area contributed by atoms with Gasteiger partial charge in [-0.15, -0.1) is 0 Å². The van der Waals surface area contributed by atoms with Gasteiger partial charge in [-0.3, -0.25) is 19.4 Å². The number of aliphatic hydroxyl groups is 1. The summed E-state index contributed by atoms with van der Waals surface area (Å²) in [6, 6.07) is 12.0. The number of nitrogens with two attached hydrogens (primary N) is 2. The van der Waals surface area contributed by atoms with Gasteiger partial charge in [0.1, 0.15) is 17.8 Å². The number of aliphatic imine (C=N–C) groups is 1. The Bertz CT molecular complexity index is 1500. The summed E-state index contributed by atoms with van der Waals surface area (Å²) in [5, 5.41) is 17.8. The zero-order chi connectivity index (χ0) is 28.4. The van der Waals surface area contributed by atoms with Crippen LogP contribution in [0.25, 0.3) is 11.1 Å². The summed E-state index contributed by atoms with van der Waals surface area (Å²) in [5.41, 5.74) is 19.2. The van der Waals surface area contributed by atoms with Gasteiger partial charge in [-0.05, 0) is 24.6 Å². The Balaban J connectivity index is 1.44. The van der Waals surface area contributed by atoms with Gasteiger partial charge in [0.15, 0.2) is 6.29 Å². The highest BCUT2D eigenvalue weighted by molar-refractivity contribution is 5.95. The average molecular weight is 542 g/mol. The van der Waals surface area contributed by atoms with Gasteiger partial charge < -0.3 is 26.8 Å². The van der Waals surface area contributed by atoms with Crippen LogP contribution in [0.1, 0.15) is 47.3 Å². The smallest absolute Gasteiger partial charge is 0.168 e. The molecule has 11 nitrogen and oxygen atoms in total. The Labute approximate surface area is 233 Å². The fourth-order valence-electron chi connectivity index (χ4n) is 5.58. The number of fused-ring (bicyclic) bond motifs is 3. The van der Waals surface area contributed by atoms with E-state index in [-0.39, 0.29) is 23.6 Å². The van der Waals surface area contributed by atoms with Gasteiger partial charge in [-0.1, -0.05) is 25.1 Å². The number of pyridine rings is 1. The Morgan fingerprint density at radius 2 is 1.98 bits per heavy atom. The maximum absolute atomic E-state index is 11.1. The molecular formula is C29H35N9O2. The molecule has 0 aliphatic carbocycles. The van der Waals surface area contributed by atoms with E-state index in [1.165, 1.54) is 5.69 Å². The monoisotopic (exact) mass is 541 g/mol. The van der Waals surface area contributed by atoms with Crippen LogP contribution in [0.4, 0.5) is 11.4 Å². The first-order valence-corrected chi connectivity index (χ1v) is 13.3. The van der Waals surface area contributed by atoms with E-state index >= 15 is 0 Å². The van der Waals surface area contributed by atoms with E-state index in [1.54, 1.807) is 19.2 Å². The molecule has 1 saturated heterocycles. The lowest BCUT2D eigenvalue weighted by atomic mass is 9.91. The topological polar surface area (TPSA) is 151 Å². The summed E-state index contributed by atoms with van der Waals surface area (Å²) in [6.45, 7) is 4.59. The fraction of sp³-hybridized carbons (Fsp3) is 0.310. The van der Waals surface area contributed by atoms with Crippen LogP contribution < -0.4 is 21.7 Å². The number of aromatic nitrogens is 3. The molecule has 4 heterocycles. The first-order valence-electron chi connectivity index (χ1n) is 13.3. The van der Waals surface area contributed by atoms with E-state index in [9.17, 15) is 9.90 Å². The first-order chi connectivity index (χ1) is 19.4. The van der Waals surface area contributed by atoms with Gasteiger partial charge in [0, 0.05) is 50.9 Å². The number of anilines is 2. The van der Waals surface area contributed by atoms with Crippen LogP contribution in [0.3, 0.4) is 0 Å². The van der Waals surface area contributed by atoms with E-state index in [0.717, 1.165) is 60.3 Å². The second kappa shape index (κ2) is 11.2. The molecule has 0 saturated carbocycles. The van der Waals surface area contributed by atoms with Crippen molar-refractivity contribution in [3.63, 3.8) is 0 Å². The average Bonchev–Trinajstić information content (AvgIpc) is 3.38. The van der Waals surface area contributed by atoms with Gasteiger partial charge in [0.25, 0.3) is 0 Å². The number of benzene rings is 1. The molecular weight excluding hydrogens is 506 g/mol. The second-order valence-electron chi connectivity index (χ2n) is 10.1. The molecule has 2 aliphatic heterocycles. The molecule has 3 aromatic rings. The van der Waals surface area contributed by atoms with Crippen molar-refractivity contribution in [1.29, 1.82) is 0 Å². The van der Waals surface area contributed by atoms with Crippen molar-refractivity contribution in [3.8, 4) is 11.1 Å². The van der Waals surface area contributed by atoms with Gasteiger partial charge in [0.05, 0.1) is 52.4 Å². The number of carbonyl (C=O) groups is 1. The third-order valence-corrected chi connectivity index (χ3v) is 7.57. The van der Waals surface area contributed by atoms with Crippen LogP contribution >= 0.6 is 0 Å². The Morgan fingerprint density at radius 3 is 2.67 bits per heavy atom. The van der Waals surface area contributed by atoms with E-state index in [0.29, 0.717) is 17.9 Å². The number of hydrogen-bond donors (Lipinski definition) is 4. The van der Waals surface area contributed by atoms with Crippen LogP contribution in [-0.2, 0) is 6.54 Å². The molecule has 6 N–H and O–H groups in total. The molecule has 1 atom stereocenters. The molecule has 0 spiro atoms. The van der Waals surface area contributed by atoms with Crippen molar-refractivity contribution in [2.24, 2.45) is 16.5 Å². The maximum atomic E-state index is 11.1. The molecule has 1 aromatic carbocycles. The molecule has 1 fully saturated rings. The standard InChI is InChI=1S/C29H35N9O2/c1-4-26-29-22(12-33-38(29)20-14-37(15-20)13-18-7-5-8-19(16-39)34-18)21-9-6-10-24(28(21)36(26)3)35-25(23(30)17-40)11-27(31)32-2/h5-12,16-17,20,26,35,40H,4,13-15,30H2,1-3H3,(H2,31,32)/b23-17+,25-11+. The number of para-hydroxylation sites is 1. The van der Waals surface area contributed by atoms with Crippen molar-refractivity contribution in [1.82, 2.24) is 19.7 Å². The van der Waals surface area contributed by atoms with Gasteiger partial charge in [-0.25, -0.2) is 4.98 Å². The molecule has 1 unspecified atom stereocenters. The number of amidine groups is 1. The van der Waals surface area contributed by atoms with Gasteiger partial charge in [0.2, 0.25) is 0 Å². The summed E-state index contributed by atoms with van der Waals surface area (Å²) in [5.74, 6) is 0.280. The third kappa shape index (κ3) is 4.91. The zero-order valence-corrected chi connectivity index (χ0v) is 23.0. The van der Waals surface area contributed by atoms with Crippen LogP contribution in [0, 0.1) is 0 Å². The number of rotatable bonds is 9. The van der Waals surface area contributed by atoms with Crippen LogP contribution in [0.5, 0.6) is 0 Å². The molecule has 0 amide bonds. The van der Waals surface area contributed by atoms with Crippen molar-refractivity contribution in [2.45, 2.75) is 32.0 Å². The maximum Gasteiger partial charge on any atom is 0.168 e. The number of nitrogens with zero attached hydrogens (tertiary/aromatic N) is 6. The predicted octanol–water partition coefficient (Wildman–Crippen LogP) is 3.36. The van der Waals surface area contributed by atoms with E-state index in [1.807, 2.05) is 30.5 Å². The Hall–Kier alpha value is -4.64. The number of likely N-dealkylation sites (tertiary alicyclic amines) is 1. The van der Waals surface area contributed by atoms with Crippen LogP contribution in [-0.4, -0.2) is 64.1 Å². The second-order valence-corrected chi connectivity index (χ2v) is 10.1. The minimum absolute atomic E-state index is 0.105. The van der Waals surface area contributed by atoms with Crippen LogP contribution in [0.15, 0.2) is 71.3 Å². The molecule has 5 rings (SSSR count). The summed E-state index contributed by atoms with van der Waals surface area (Å²) in [6.07, 6.45) is 6.07. The lowest BCUT2D eigenvalue weighted by Gasteiger charge is -2.43. The number of aldehydes is 1. The molecule has 0 bridgehead atoms. The molecule has 2 aliphatic rings. The third-order valence-electron chi connectivity index (χ3n) is 7.57. The summed E-state index contributed by atoms with van der Waals surface area (Å²) < 4.78 is 2.19. The highest BCUT2D eigenvalue weighted by atomic mass is 16.2. The van der Waals surface area contributed by atoms with E-state index < -0.39 is 0 Å². The minimum Gasteiger partial charge on any atom is -0.513 e. The lowest BCUT2D eigenvalue weighted by molar-refractivity contribution is 0.0865. The molecule has 208 valence electrons. The summed E-state index contributed by atoms with van der Waals surface area (Å²) in [4.78, 5) is 24.1. The van der Waals surface area contributed by atoms with E-state index in [2.05, 4.69) is 49.8 Å². The summed E-state index contributed by atoms with van der Waals surface area (Å²) >= 11 is 0. The minimum atomic E-state index is 0.105. The molecule has 2 aromatic heterocycles. The van der Waals surface area contributed by atoms with Crippen molar-refractivity contribution < 1.29 is 9.90 Å². The zero-order valence-electron chi connectivity index (χ0n) is 23.0. The van der Waals surface area contributed by atoms with Crippen molar-refractivity contribution in [3.05, 3.63) is 83.4 Å². The van der Waals surface area contributed by atoms with Gasteiger partial charge >= 0.3 is 0 Å². The molecule has 11 heteroatoms. The Kier molecular flexibility index (Phi) is 7.56. The highest BCUT2D eigenvalue weighted by Gasteiger charge is 2.38. The van der Waals surface area contributed by atoms with Crippen molar-refractivity contribution >= 4 is 23.5 Å². The normalized spacial score (nSPS) is 18.2. The van der Waals surface area contributed by atoms with Gasteiger partial charge in [-0.2, -0.15) is 5.10 Å².